The van der Waals surface area contributed by atoms with Gasteiger partial charge in [0.1, 0.15) is 0 Å². The van der Waals surface area contributed by atoms with Crippen molar-refractivity contribution in [2.45, 2.75) is 24.0 Å². The Balaban J connectivity index is 2.08. The van der Waals surface area contributed by atoms with Crippen LogP contribution in [0.4, 0.5) is 0 Å². The van der Waals surface area contributed by atoms with E-state index in [1.165, 1.54) is 21.3 Å². The largest absolute Gasteiger partial charge is 0.393 e. The third kappa shape index (κ3) is 2.36. The van der Waals surface area contributed by atoms with Crippen LogP contribution < -0.4 is 0 Å². The summed E-state index contributed by atoms with van der Waals surface area (Å²) in [6.07, 6.45) is 2.58. The highest BCUT2D eigenvalue weighted by Crippen LogP contribution is 2.29. The summed E-state index contributed by atoms with van der Waals surface area (Å²) in [6.45, 7) is 0.449. The van der Waals surface area contributed by atoms with E-state index in [0.717, 1.165) is 0 Å². The molecule has 1 heterocycles. The average molecular weight is 259 g/mol. The van der Waals surface area contributed by atoms with Gasteiger partial charge in [0.15, 0.2) is 5.03 Å². The highest BCUT2D eigenvalue weighted by Gasteiger charge is 2.32. The minimum absolute atomic E-state index is 0.194. The fourth-order valence-corrected chi connectivity index (χ4v) is 3.43. The second kappa shape index (κ2) is 4.40. The maximum absolute atomic E-state index is 12.2. The molecule has 0 saturated heterocycles. The maximum atomic E-state index is 12.2. The van der Waals surface area contributed by atoms with Gasteiger partial charge in [-0.2, -0.15) is 9.40 Å². The number of rotatable bonds is 4. The van der Waals surface area contributed by atoms with E-state index in [1.54, 1.807) is 14.1 Å². The maximum Gasteiger partial charge on any atom is 0.259 e. The molecule has 96 valence electrons. The average Bonchev–Trinajstić information content (AvgIpc) is 2.62. The van der Waals surface area contributed by atoms with Crippen molar-refractivity contribution in [1.82, 2.24) is 14.1 Å². The van der Waals surface area contributed by atoms with E-state index in [4.69, 9.17) is 0 Å². The third-order valence-electron chi connectivity index (χ3n) is 3.18. The van der Waals surface area contributed by atoms with Crippen molar-refractivity contribution in [3.63, 3.8) is 0 Å². The lowest BCUT2D eigenvalue weighted by molar-refractivity contribution is 0.0367. The number of hydrogen-bond donors (Lipinski definition) is 1. The smallest absolute Gasteiger partial charge is 0.259 e. The molecule has 0 aromatic carbocycles. The summed E-state index contributed by atoms with van der Waals surface area (Å²) in [5, 5.41) is 13.2. The minimum atomic E-state index is -3.46. The fraction of sp³-hybridized carbons (Fsp3) is 0.700. The molecule has 0 amide bonds. The standard InChI is InChI=1S/C10H17N3O3S/c1-12(7-8-5-9(14)6-8)17(15,16)10-3-4-11-13(10)2/h3-4,8-9,14H,5-7H2,1-2H3. The Morgan fingerprint density at radius 2 is 2.24 bits per heavy atom. The molecule has 0 unspecified atom stereocenters. The number of aryl methyl sites for hydroxylation is 1. The lowest BCUT2D eigenvalue weighted by Crippen LogP contribution is -2.39. The molecule has 1 aromatic heterocycles. The van der Waals surface area contributed by atoms with E-state index in [-0.39, 0.29) is 17.0 Å². The van der Waals surface area contributed by atoms with Gasteiger partial charge in [-0.1, -0.05) is 0 Å². The van der Waals surface area contributed by atoms with Crippen molar-refractivity contribution in [3.8, 4) is 0 Å². The van der Waals surface area contributed by atoms with Crippen LogP contribution in [-0.4, -0.2) is 47.3 Å². The molecule has 1 N–H and O–H groups in total. The number of aliphatic hydroxyl groups is 1. The molecule has 1 aliphatic rings. The molecule has 1 saturated carbocycles. The first-order valence-electron chi connectivity index (χ1n) is 5.53. The van der Waals surface area contributed by atoms with Gasteiger partial charge < -0.3 is 5.11 Å². The van der Waals surface area contributed by atoms with Crippen LogP contribution in [0.3, 0.4) is 0 Å². The van der Waals surface area contributed by atoms with Gasteiger partial charge in [-0.3, -0.25) is 4.68 Å². The second-order valence-electron chi connectivity index (χ2n) is 4.57. The summed E-state index contributed by atoms with van der Waals surface area (Å²) >= 11 is 0. The van der Waals surface area contributed by atoms with Gasteiger partial charge in [0.05, 0.1) is 12.3 Å². The molecule has 0 atom stereocenters. The first-order valence-corrected chi connectivity index (χ1v) is 6.97. The van der Waals surface area contributed by atoms with Gasteiger partial charge in [-0.15, -0.1) is 0 Å². The van der Waals surface area contributed by atoms with Crippen LogP contribution in [0.25, 0.3) is 0 Å². The molecule has 0 radical (unpaired) electrons. The van der Waals surface area contributed by atoms with Gasteiger partial charge >= 0.3 is 0 Å². The molecule has 0 aliphatic heterocycles. The van der Waals surface area contributed by atoms with Crippen molar-refractivity contribution >= 4 is 10.0 Å². The molecular weight excluding hydrogens is 242 g/mol. The number of nitrogens with zero attached hydrogens (tertiary/aromatic N) is 3. The summed E-state index contributed by atoms with van der Waals surface area (Å²) in [5.74, 6) is 0.262. The van der Waals surface area contributed by atoms with Crippen molar-refractivity contribution in [2.24, 2.45) is 13.0 Å². The van der Waals surface area contributed by atoms with Crippen LogP contribution in [-0.2, 0) is 17.1 Å². The highest BCUT2D eigenvalue weighted by atomic mass is 32.2. The van der Waals surface area contributed by atoms with E-state index >= 15 is 0 Å². The van der Waals surface area contributed by atoms with Gasteiger partial charge in [0.25, 0.3) is 10.0 Å². The van der Waals surface area contributed by atoms with E-state index in [0.29, 0.717) is 19.4 Å². The minimum Gasteiger partial charge on any atom is -0.393 e. The van der Waals surface area contributed by atoms with Crippen LogP contribution >= 0.6 is 0 Å². The SMILES string of the molecule is CN(CC1CC(O)C1)S(=O)(=O)c1ccnn1C. The molecule has 7 heteroatoms. The number of aliphatic hydroxyl groups excluding tert-OH is 1. The number of aromatic nitrogens is 2. The lowest BCUT2D eigenvalue weighted by Gasteiger charge is -2.33. The van der Waals surface area contributed by atoms with Crippen molar-refractivity contribution in [1.29, 1.82) is 0 Å². The molecule has 0 bridgehead atoms. The van der Waals surface area contributed by atoms with Gasteiger partial charge in [-0.25, -0.2) is 8.42 Å². The number of sulfonamides is 1. The summed E-state index contributed by atoms with van der Waals surface area (Å²) in [5.41, 5.74) is 0. The van der Waals surface area contributed by atoms with E-state index < -0.39 is 10.0 Å². The third-order valence-corrected chi connectivity index (χ3v) is 5.08. The quantitative estimate of drug-likeness (QED) is 0.813. The molecular formula is C10H17N3O3S. The first-order chi connectivity index (χ1) is 7.91. The second-order valence-corrected chi connectivity index (χ2v) is 6.56. The normalized spacial score (nSPS) is 24.9. The zero-order valence-corrected chi connectivity index (χ0v) is 10.8. The van der Waals surface area contributed by atoms with Crippen LogP contribution in [0.2, 0.25) is 0 Å². The first kappa shape index (κ1) is 12.5. The predicted molar refractivity (Wildman–Crippen MR) is 61.8 cm³/mol. The van der Waals surface area contributed by atoms with Crippen LogP contribution in [0, 0.1) is 5.92 Å². The zero-order chi connectivity index (χ0) is 12.6. The molecule has 2 rings (SSSR count). The Morgan fingerprint density at radius 3 is 2.71 bits per heavy atom. The Bertz CT molecular complexity index is 491. The van der Waals surface area contributed by atoms with Crippen molar-refractivity contribution in [2.75, 3.05) is 13.6 Å². The molecule has 6 nitrogen and oxygen atoms in total. The molecule has 1 aliphatic carbocycles. The monoisotopic (exact) mass is 259 g/mol. The highest BCUT2D eigenvalue weighted by molar-refractivity contribution is 7.89. The van der Waals surface area contributed by atoms with Gasteiger partial charge in [0, 0.05) is 20.6 Å². The molecule has 1 fully saturated rings. The molecule has 0 spiro atoms. The van der Waals surface area contributed by atoms with Crippen LogP contribution in [0.1, 0.15) is 12.8 Å². The Morgan fingerprint density at radius 1 is 1.59 bits per heavy atom. The number of hydrogen-bond acceptors (Lipinski definition) is 4. The fourth-order valence-electron chi connectivity index (χ4n) is 2.09. The van der Waals surface area contributed by atoms with E-state index in [9.17, 15) is 13.5 Å². The van der Waals surface area contributed by atoms with Crippen molar-refractivity contribution in [3.05, 3.63) is 12.3 Å². The summed E-state index contributed by atoms with van der Waals surface area (Å²) < 4.78 is 27.0. The topological polar surface area (TPSA) is 75.4 Å². The van der Waals surface area contributed by atoms with Gasteiger partial charge in [0.2, 0.25) is 0 Å². The zero-order valence-electron chi connectivity index (χ0n) is 9.94. The Kier molecular flexibility index (Phi) is 3.24. The summed E-state index contributed by atoms with van der Waals surface area (Å²) in [7, 11) is -0.295. The molecule has 17 heavy (non-hydrogen) atoms. The van der Waals surface area contributed by atoms with E-state index in [2.05, 4.69) is 5.10 Å². The summed E-state index contributed by atoms with van der Waals surface area (Å²) in [6, 6.07) is 1.49. The molecule has 1 aromatic rings. The van der Waals surface area contributed by atoms with Crippen LogP contribution in [0.5, 0.6) is 0 Å². The Hall–Kier alpha value is -0.920. The van der Waals surface area contributed by atoms with Crippen LogP contribution in [0.15, 0.2) is 17.3 Å². The van der Waals surface area contributed by atoms with Crippen molar-refractivity contribution < 1.29 is 13.5 Å². The van der Waals surface area contributed by atoms with E-state index in [1.807, 2.05) is 0 Å². The summed E-state index contributed by atoms with van der Waals surface area (Å²) in [4.78, 5) is 0. The Labute approximate surface area is 101 Å². The predicted octanol–water partition coefficient (Wildman–Crippen LogP) is -0.189. The van der Waals surface area contributed by atoms with Gasteiger partial charge in [-0.05, 0) is 24.8 Å². The lowest BCUT2D eigenvalue weighted by atomic mass is 9.82.